The highest BCUT2D eigenvalue weighted by molar-refractivity contribution is 7.89. The summed E-state index contributed by atoms with van der Waals surface area (Å²) in [6.45, 7) is 3.35. The zero-order chi connectivity index (χ0) is 15.7. The number of nitrogens with zero attached hydrogens (tertiary/aromatic N) is 2. The molecule has 0 spiro atoms. The van der Waals surface area contributed by atoms with E-state index >= 15 is 0 Å². The molecule has 1 unspecified atom stereocenters. The van der Waals surface area contributed by atoms with Gasteiger partial charge in [0.25, 0.3) is 0 Å². The van der Waals surface area contributed by atoms with Crippen molar-refractivity contribution in [1.29, 1.82) is 0 Å². The van der Waals surface area contributed by atoms with Crippen molar-refractivity contribution in [2.45, 2.75) is 30.7 Å². The zero-order valence-corrected chi connectivity index (χ0v) is 13.4. The van der Waals surface area contributed by atoms with Gasteiger partial charge in [0, 0.05) is 19.6 Å². The highest BCUT2D eigenvalue weighted by Crippen LogP contribution is 2.23. The molecule has 120 valence electrons. The van der Waals surface area contributed by atoms with Crippen LogP contribution in [-0.4, -0.2) is 56.0 Å². The Labute approximate surface area is 130 Å². The fraction of sp³-hybridized carbons (Fsp3) is 0.533. The molecule has 0 saturated carbocycles. The fourth-order valence-electron chi connectivity index (χ4n) is 2.94. The quantitative estimate of drug-likeness (QED) is 0.841. The first-order valence-electron chi connectivity index (χ1n) is 7.55. The van der Waals surface area contributed by atoms with E-state index < -0.39 is 10.0 Å². The number of carbonyl (C=O) groups excluding carboxylic acids is 1. The van der Waals surface area contributed by atoms with Crippen LogP contribution in [0.25, 0.3) is 0 Å². The Balaban J connectivity index is 1.77. The second-order valence-corrected chi connectivity index (χ2v) is 7.62. The topological polar surface area (TPSA) is 66.9 Å². The molecule has 0 aromatic heterocycles. The third-order valence-electron chi connectivity index (χ3n) is 4.18. The number of cyclic esters (lactones) is 1. The SMILES string of the molecule is CCCc1ccc(S(=O)(=O)N2CCN3C(=O)OCC3C2)cc1. The van der Waals surface area contributed by atoms with Gasteiger partial charge in [0.15, 0.2) is 0 Å². The molecule has 3 rings (SSSR count). The molecule has 0 N–H and O–H groups in total. The lowest BCUT2D eigenvalue weighted by Gasteiger charge is -2.34. The molecule has 2 aliphatic heterocycles. The van der Waals surface area contributed by atoms with Crippen LogP contribution in [0.2, 0.25) is 0 Å². The second-order valence-electron chi connectivity index (χ2n) is 5.68. The van der Waals surface area contributed by atoms with Gasteiger partial charge in [0.05, 0.1) is 10.9 Å². The highest BCUT2D eigenvalue weighted by Gasteiger charge is 2.41. The van der Waals surface area contributed by atoms with Crippen LogP contribution in [0, 0.1) is 0 Å². The monoisotopic (exact) mass is 324 g/mol. The molecule has 0 radical (unpaired) electrons. The number of amides is 1. The van der Waals surface area contributed by atoms with Crippen LogP contribution in [0.3, 0.4) is 0 Å². The van der Waals surface area contributed by atoms with Crippen LogP contribution in [0.1, 0.15) is 18.9 Å². The maximum atomic E-state index is 12.7. The largest absolute Gasteiger partial charge is 0.447 e. The van der Waals surface area contributed by atoms with Gasteiger partial charge in [-0.25, -0.2) is 13.2 Å². The summed E-state index contributed by atoms with van der Waals surface area (Å²) in [6, 6.07) is 6.91. The van der Waals surface area contributed by atoms with Gasteiger partial charge in [0.1, 0.15) is 6.61 Å². The van der Waals surface area contributed by atoms with Gasteiger partial charge < -0.3 is 4.74 Å². The molecule has 0 bridgehead atoms. The van der Waals surface area contributed by atoms with Gasteiger partial charge in [-0.05, 0) is 24.1 Å². The molecule has 0 aliphatic carbocycles. The van der Waals surface area contributed by atoms with Crippen molar-refractivity contribution in [3.63, 3.8) is 0 Å². The number of rotatable bonds is 4. The zero-order valence-electron chi connectivity index (χ0n) is 12.6. The Morgan fingerprint density at radius 3 is 2.64 bits per heavy atom. The molecule has 2 saturated heterocycles. The first-order valence-corrected chi connectivity index (χ1v) is 8.99. The van der Waals surface area contributed by atoms with E-state index in [1.54, 1.807) is 17.0 Å². The van der Waals surface area contributed by atoms with Crippen molar-refractivity contribution in [1.82, 2.24) is 9.21 Å². The first kappa shape index (κ1) is 15.3. The van der Waals surface area contributed by atoms with Gasteiger partial charge in [-0.2, -0.15) is 4.31 Å². The van der Waals surface area contributed by atoms with Gasteiger partial charge >= 0.3 is 6.09 Å². The maximum absolute atomic E-state index is 12.7. The van der Waals surface area contributed by atoms with E-state index in [9.17, 15) is 13.2 Å². The number of sulfonamides is 1. The van der Waals surface area contributed by atoms with Crippen molar-refractivity contribution < 1.29 is 17.9 Å². The molecule has 1 aromatic rings. The summed E-state index contributed by atoms with van der Waals surface area (Å²) in [5.41, 5.74) is 1.14. The van der Waals surface area contributed by atoms with Crippen molar-refractivity contribution >= 4 is 16.1 Å². The summed E-state index contributed by atoms with van der Waals surface area (Å²) < 4.78 is 31.8. The Morgan fingerprint density at radius 2 is 1.95 bits per heavy atom. The minimum absolute atomic E-state index is 0.171. The van der Waals surface area contributed by atoms with Gasteiger partial charge in [-0.15, -0.1) is 0 Å². The van der Waals surface area contributed by atoms with Crippen LogP contribution in [0.5, 0.6) is 0 Å². The first-order chi connectivity index (χ1) is 10.5. The number of ether oxygens (including phenoxy) is 1. The molecule has 22 heavy (non-hydrogen) atoms. The lowest BCUT2D eigenvalue weighted by molar-refractivity contribution is 0.147. The van der Waals surface area contributed by atoms with E-state index in [2.05, 4.69) is 6.92 Å². The number of benzene rings is 1. The van der Waals surface area contributed by atoms with Crippen LogP contribution >= 0.6 is 0 Å². The Hall–Kier alpha value is -1.60. The molecule has 2 aliphatic rings. The summed E-state index contributed by atoms with van der Waals surface area (Å²) >= 11 is 0. The predicted octanol–water partition coefficient (Wildman–Crippen LogP) is 1.46. The van der Waals surface area contributed by atoms with Crippen molar-refractivity contribution in [3.8, 4) is 0 Å². The summed E-state index contributed by atoms with van der Waals surface area (Å²) in [4.78, 5) is 13.4. The average Bonchev–Trinajstić information content (AvgIpc) is 2.89. The van der Waals surface area contributed by atoms with Crippen molar-refractivity contribution in [3.05, 3.63) is 29.8 Å². The predicted molar refractivity (Wildman–Crippen MR) is 81.0 cm³/mol. The van der Waals surface area contributed by atoms with Crippen LogP contribution in [-0.2, 0) is 21.2 Å². The van der Waals surface area contributed by atoms with E-state index in [-0.39, 0.29) is 18.7 Å². The molecule has 6 nitrogen and oxygen atoms in total. The maximum Gasteiger partial charge on any atom is 0.410 e. The number of aryl methyl sites for hydroxylation is 1. The summed E-state index contributed by atoms with van der Waals surface area (Å²) in [7, 11) is -3.51. The van der Waals surface area contributed by atoms with E-state index in [4.69, 9.17) is 4.74 Å². The van der Waals surface area contributed by atoms with Crippen LogP contribution in [0.15, 0.2) is 29.2 Å². The number of carbonyl (C=O) groups is 1. The standard InChI is InChI=1S/C15H20N2O4S/c1-2-3-12-4-6-14(7-5-12)22(19,20)16-8-9-17-13(10-16)11-21-15(17)18/h4-7,13H,2-3,8-11H2,1H3. The number of hydrogen-bond donors (Lipinski definition) is 0. The molecule has 7 heteroatoms. The fourth-order valence-corrected chi connectivity index (χ4v) is 4.41. The van der Waals surface area contributed by atoms with E-state index in [0.29, 0.717) is 24.5 Å². The van der Waals surface area contributed by atoms with Gasteiger partial charge in [-0.3, -0.25) is 4.90 Å². The lowest BCUT2D eigenvalue weighted by atomic mass is 10.1. The molecule has 2 heterocycles. The second kappa shape index (κ2) is 5.89. The van der Waals surface area contributed by atoms with E-state index in [0.717, 1.165) is 18.4 Å². The van der Waals surface area contributed by atoms with Crippen molar-refractivity contribution in [2.75, 3.05) is 26.2 Å². The lowest BCUT2D eigenvalue weighted by Crippen LogP contribution is -2.53. The smallest absolute Gasteiger partial charge is 0.410 e. The number of fused-ring (bicyclic) bond motifs is 1. The Morgan fingerprint density at radius 1 is 1.23 bits per heavy atom. The molecule has 1 aromatic carbocycles. The third-order valence-corrected chi connectivity index (χ3v) is 6.06. The summed E-state index contributed by atoms with van der Waals surface area (Å²) in [5.74, 6) is 0. The van der Waals surface area contributed by atoms with Crippen LogP contribution in [0.4, 0.5) is 4.79 Å². The average molecular weight is 324 g/mol. The molecule has 1 amide bonds. The summed E-state index contributed by atoms with van der Waals surface area (Å²) in [5, 5.41) is 0. The molecule has 1 atom stereocenters. The van der Waals surface area contributed by atoms with Gasteiger partial charge in [-0.1, -0.05) is 25.5 Å². The van der Waals surface area contributed by atoms with E-state index in [1.807, 2.05) is 12.1 Å². The molecule has 2 fully saturated rings. The number of piperazine rings is 1. The van der Waals surface area contributed by atoms with Crippen molar-refractivity contribution in [2.24, 2.45) is 0 Å². The third kappa shape index (κ3) is 2.70. The van der Waals surface area contributed by atoms with Crippen LogP contribution < -0.4 is 0 Å². The molecular formula is C15H20N2O4S. The number of hydrogen-bond acceptors (Lipinski definition) is 4. The molecular weight excluding hydrogens is 304 g/mol. The normalized spacial score (nSPS) is 22.5. The minimum atomic E-state index is -3.51. The summed E-state index contributed by atoms with van der Waals surface area (Å²) in [6.07, 6.45) is 1.63. The van der Waals surface area contributed by atoms with E-state index in [1.165, 1.54) is 4.31 Å². The van der Waals surface area contributed by atoms with Gasteiger partial charge in [0.2, 0.25) is 10.0 Å². The Bertz CT molecular complexity index is 657. The Kier molecular flexibility index (Phi) is 4.10. The minimum Gasteiger partial charge on any atom is -0.447 e. The highest BCUT2D eigenvalue weighted by atomic mass is 32.2.